The molecule has 13 heavy (non-hydrogen) atoms. The minimum atomic E-state index is -3.72. The Kier molecular flexibility index (Phi) is 3.56. The third kappa shape index (κ3) is 3.41. The molecule has 0 radical (unpaired) electrons. The molecule has 0 amide bonds. The molecule has 0 atom stereocenters. The third-order valence-electron chi connectivity index (χ3n) is 1.48. The summed E-state index contributed by atoms with van der Waals surface area (Å²) in [6.07, 6.45) is 0. The summed E-state index contributed by atoms with van der Waals surface area (Å²) in [5.41, 5.74) is 0. The van der Waals surface area contributed by atoms with Crippen molar-refractivity contribution in [2.45, 2.75) is 0 Å². The fourth-order valence-electron chi connectivity index (χ4n) is 0.884. The second-order valence-corrected chi connectivity index (χ2v) is 7.55. The summed E-state index contributed by atoms with van der Waals surface area (Å²) in [5.74, 6) is 0.340. The average Bonchev–Trinajstić information content (AvgIpc) is 2.04. The first-order valence-corrected chi connectivity index (χ1v) is 7.57. The van der Waals surface area contributed by atoms with E-state index in [1.807, 2.05) is 0 Å². The highest BCUT2D eigenvalue weighted by Gasteiger charge is 2.18. The minimum Gasteiger partial charge on any atom is -0.379 e. The van der Waals surface area contributed by atoms with Crippen LogP contribution in [-0.2, 0) is 24.5 Å². The van der Waals surface area contributed by atoms with Crippen LogP contribution in [0, 0.1) is 0 Å². The zero-order valence-electron chi connectivity index (χ0n) is 6.81. The fraction of sp³-hybridized carbons (Fsp3) is 1.00. The molecule has 1 aliphatic rings. The van der Waals surface area contributed by atoms with Crippen molar-refractivity contribution in [3.05, 3.63) is 0 Å². The highest BCUT2D eigenvalue weighted by molar-refractivity contribution is 8.03. The number of sulfonamides is 1. The lowest BCUT2D eigenvalue weighted by Crippen LogP contribution is -2.26. The summed E-state index contributed by atoms with van der Waals surface area (Å²) in [7, 11) is -6.35. The quantitative estimate of drug-likeness (QED) is 0.645. The summed E-state index contributed by atoms with van der Waals surface area (Å²) < 4.78 is 41.9. The van der Waals surface area contributed by atoms with Gasteiger partial charge in [-0.3, -0.25) is 0 Å². The Labute approximate surface area is 82.6 Å². The molecule has 1 fully saturated rings. The maximum absolute atomic E-state index is 11.7. The smallest absolute Gasteiger partial charge is 0.274 e. The molecule has 0 N–H and O–H groups in total. The normalized spacial score (nSPS) is 22.5. The van der Waals surface area contributed by atoms with Crippen LogP contribution in [0.4, 0.5) is 0 Å². The Morgan fingerprint density at radius 2 is 1.92 bits per heavy atom. The van der Waals surface area contributed by atoms with Gasteiger partial charge < -0.3 is 4.74 Å². The van der Waals surface area contributed by atoms with Crippen LogP contribution in [0.25, 0.3) is 0 Å². The van der Waals surface area contributed by atoms with Crippen LogP contribution in [0.5, 0.6) is 0 Å². The van der Waals surface area contributed by atoms with Gasteiger partial charge in [-0.05, 0) is 0 Å². The molecule has 0 unspecified atom stereocenters. The van der Waals surface area contributed by atoms with Gasteiger partial charge in [0.1, 0.15) is 5.21 Å². The molecule has 0 saturated carbocycles. The number of hydrogen-bond acceptors (Lipinski definition) is 4. The average molecular weight is 248 g/mol. The van der Waals surface area contributed by atoms with Gasteiger partial charge >= 0.3 is 0 Å². The molecular weight excluding hydrogens is 238 g/mol. The van der Waals surface area contributed by atoms with Gasteiger partial charge in [0.2, 0.25) is 0 Å². The van der Waals surface area contributed by atoms with E-state index in [0.717, 1.165) is 0 Å². The first-order chi connectivity index (χ1) is 5.97. The maximum atomic E-state index is 11.7. The van der Waals surface area contributed by atoms with Gasteiger partial charge in [-0.1, -0.05) is 0 Å². The molecule has 0 aromatic carbocycles. The second kappa shape index (κ2) is 4.12. The first-order valence-electron chi connectivity index (χ1n) is 3.58. The van der Waals surface area contributed by atoms with Crippen LogP contribution in [0.15, 0.2) is 3.77 Å². The van der Waals surface area contributed by atoms with Crippen molar-refractivity contribution in [3.63, 3.8) is 0 Å². The molecule has 0 aromatic rings. The van der Waals surface area contributed by atoms with Crippen molar-refractivity contribution in [3.8, 4) is 0 Å². The van der Waals surface area contributed by atoms with Crippen molar-refractivity contribution >= 4 is 31.4 Å². The summed E-state index contributed by atoms with van der Waals surface area (Å²) in [4.78, 5) is 0. The van der Waals surface area contributed by atoms with E-state index in [4.69, 9.17) is 16.3 Å². The number of ether oxygens (including phenoxy) is 1. The van der Waals surface area contributed by atoms with E-state index in [9.17, 15) is 12.6 Å². The number of halogens is 1. The number of hydrogen-bond donors (Lipinski definition) is 0. The summed E-state index contributed by atoms with van der Waals surface area (Å²) >= 11 is 5.14. The van der Waals surface area contributed by atoms with E-state index in [1.54, 1.807) is 0 Å². The highest BCUT2D eigenvalue weighted by Crippen LogP contribution is 2.08. The molecule has 0 spiro atoms. The predicted octanol–water partition coefficient (Wildman–Crippen LogP) is 0.0107. The number of nitrogens with zero attached hydrogens (tertiary/aromatic N) is 1. The number of rotatable bonds is 2. The van der Waals surface area contributed by atoms with Gasteiger partial charge in [-0.2, -0.15) is 0 Å². The zero-order valence-corrected chi connectivity index (χ0v) is 9.20. The molecule has 1 rings (SSSR count). The van der Waals surface area contributed by atoms with E-state index < -0.39 is 25.0 Å². The molecule has 1 aliphatic heterocycles. The molecule has 0 bridgehead atoms. The molecule has 0 aromatic heterocycles. The van der Waals surface area contributed by atoms with Crippen LogP contribution in [-0.4, -0.2) is 42.6 Å². The largest absolute Gasteiger partial charge is 0.379 e. The Balaban J connectivity index is 2.97. The lowest BCUT2D eigenvalue weighted by molar-refractivity contribution is 0.158. The molecule has 78 valence electrons. The summed E-state index contributed by atoms with van der Waals surface area (Å²) in [5, 5.41) is -0.620. The van der Waals surface area contributed by atoms with Crippen LogP contribution in [0.3, 0.4) is 0 Å². The molecule has 5 nitrogen and oxygen atoms in total. The third-order valence-corrected chi connectivity index (χ3v) is 6.19. The lowest BCUT2D eigenvalue weighted by Gasteiger charge is -2.15. The van der Waals surface area contributed by atoms with Crippen molar-refractivity contribution in [2.75, 3.05) is 29.9 Å². The molecule has 1 heterocycles. The Morgan fingerprint density at radius 1 is 1.38 bits per heavy atom. The SMILES string of the molecule is O=S(=O)(CCl)N=S1(=O)CCOCC1. The molecule has 0 aliphatic carbocycles. The van der Waals surface area contributed by atoms with E-state index >= 15 is 0 Å². The van der Waals surface area contributed by atoms with Crippen LogP contribution in [0.2, 0.25) is 0 Å². The van der Waals surface area contributed by atoms with Crippen molar-refractivity contribution in [1.29, 1.82) is 0 Å². The Morgan fingerprint density at radius 3 is 2.38 bits per heavy atom. The van der Waals surface area contributed by atoms with E-state index in [2.05, 4.69) is 3.77 Å². The molecule has 8 heteroatoms. The van der Waals surface area contributed by atoms with Gasteiger partial charge in [-0.25, -0.2) is 12.6 Å². The van der Waals surface area contributed by atoms with E-state index in [1.165, 1.54) is 0 Å². The standard InChI is InChI=1S/C5H10ClNO4S2/c6-5-13(9,10)7-12(8)3-1-11-2-4-12/h1-5H2. The van der Waals surface area contributed by atoms with Crippen LogP contribution < -0.4 is 0 Å². The summed E-state index contributed by atoms with van der Waals surface area (Å²) in [6.45, 7) is 0.584. The molecule has 1 saturated heterocycles. The Hall–Kier alpha value is 0.150. The molecular formula is C5H10ClNO4S2. The van der Waals surface area contributed by atoms with Gasteiger partial charge in [0.15, 0.2) is 0 Å². The topological polar surface area (TPSA) is 72.8 Å². The minimum absolute atomic E-state index is 0.170. The van der Waals surface area contributed by atoms with Crippen molar-refractivity contribution < 1.29 is 17.4 Å². The summed E-state index contributed by atoms with van der Waals surface area (Å²) in [6, 6.07) is 0. The van der Waals surface area contributed by atoms with Crippen molar-refractivity contribution in [1.82, 2.24) is 0 Å². The van der Waals surface area contributed by atoms with Gasteiger partial charge in [0, 0.05) is 0 Å². The van der Waals surface area contributed by atoms with Gasteiger partial charge in [-0.15, -0.1) is 15.4 Å². The van der Waals surface area contributed by atoms with Gasteiger partial charge in [0.25, 0.3) is 10.0 Å². The number of alkyl halides is 1. The fourth-order valence-corrected chi connectivity index (χ4v) is 4.61. The van der Waals surface area contributed by atoms with Crippen LogP contribution in [0.1, 0.15) is 0 Å². The van der Waals surface area contributed by atoms with Crippen molar-refractivity contribution in [2.24, 2.45) is 3.77 Å². The Bertz CT molecular complexity index is 369. The predicted molar refractivity (Wildman–Crippen MR) is 50.8 cm³/mol. The first kappa shape index (κ1) is 11.2. The van der Waals surface area contributed by atoms with E-state index in [0.29, 0.717) is 13.2 Å². The maximum Gasteiger partial charge on any atom is 0.274 e. The zero-order chi connectivity index (χ0) is 9.95. The highest BCUT2D eigenvalue weighted by atomic mass is 35.5. The van der Waals surface area contributed by atoms with E-state index in [-0.39, 0.29) is 11.5 Å². The lowest BCUT2D eigenvalue weighted by atomic mass is 10.8. The van der Waals surface area contributed by atoms with Gasteiger partial charge in [0.05, 0.1) is 34.4 Å². The second-order valence-electron chi connectivity index (χ2n) is 2.56. The van der Waals surface area contributed by atoms with Crippen LogP contribution >= 0.6 is 11.6 Å². The monoisotopic (exact) mass is 247 g/mol.